The molecule has 0 radical (unpaired) electrons. The molecule has 0 aliphatic carbocycles. The number of nitrogens with one attached hydrogen (secondary N) is 1. The van der Waals surface area contributed by atoms with Crippen molar-refractivity contribution in [2.75, 3.05) is 0 Å². The number of aromatic amines is 1. The second-order valence-corrected chi connectivity index (χ2v) is 9.04. The maximum absolute atomic E-state index is 11.2. The number of fused-ring (bicyclic) bond motifs is 1. The van der Waals surface area contributed by atoms with Gasteiger partial charge in [0, 0.05) is 16.7 Å². The van der Waals surface area contributed by atoms with Crippen LogP contribution < -0.4 is 0 Å². The lowest BCUT2D eigenvalue weighted by molar-refractivity contribution is 0.0697. The van der Waals surface area contributed by atoms with Gasteiger partial charge in [0.2, 0.25) is 0 Å². The van der Waals surface area contributed by atoms with E-state index in [1.807, 2.05) is 12.1 Å². The number of aromatic hydroxyl groups is 1. The van der Waals surface area contributed by atoms with Gasteiger partial charge >= 0.3 is 5.97 Å². The van der Waals surface area contributed by atoms with Crippen LogP contribution in [0.1, 0.15) is 63.0 Å². The molecule has 1 aromatic heterocycles. The molecule has 5 nitrogen and oxygen atoms in total. The minimum absolute atomic E-state index is 0.217. The van der Waals surface area contributed by atoms with E-state index in [0.717, 1.165) is 16.7 Å². The van der Waals surface area contributed by atoms with Crippen molar-refractivity contribution in [3.05, 3.63) is 47.0 Å². The van der Waals surface area contributed by atoms with Crippen LogP contribution in [0.5, 0.6) is 5.75 Å². The summed E-state index contributed by atoms with van der Waals surface area (Å²) in [4.78, 5) is 19.1. The van der Waals surface area contributed by atoms with E-state index in [9.17, 15) is 15.0 Å². The number of carboxylic acid groups (broad SMARTS) is 1. The highest BCUT2D eigenvalue weighted by atomic mass is 16.4. The van der Waals surface area contributed by atoms with Gasteiger partial charge in [-0.1, -0.05) is 41.5 Å². The van der Waals surface area contributed by atoms with Gasteiger partial charge in [-0.15, -0.1) is 0 Å². The van der Waals surface area contributed by atoms with Gasteiger partial charge < -0.3 is 15.2 Å². The number of aromatic nitrogens is 2. The average molecular weight is 366 g/mol. The number of phenols is 1. The summed E-state index contributed by atoms with van der Waals surface area (Å²) >= 11 is 0. The molecule has 3 N–H and O–H groups in total. The van der Waals surface area contributed by atoms with Gasteiger partial charge in [0.25, 0.3) is 0 Å². The molecule has 0 unspecified atom stereocenters. The van der Waals surface area contributed by atoms with Crippen molar-refractivity contribution >= 4 is 17.0 Å². The number of benzene rings is 2. The molecule has 1 heterocycles. The number of aromatic carboxylic acids is 1. The highest BCUT2D eigenvalue weighted by molar-refractivity contribution is 5.93. The second-order valence-electron chi connectivity index (χ2n) is 9.04. The Labute approximate surface area is 159 Å². The third-order valence-corrected chi connectivity index (χ3v) is 4.73. The number of H-pyrrole nitrogens is 1. The Balaban J connectivity index is 2.24. The van der Waals surface area contributed by atoms with Crippen LogP contribution in [0.25, 0.3) is 22.4 Å². The summed E-state index contributed by atoms with van der Waals surface area (Å²) in [7, 11) is 0. The molecule has 0 atom stereocenters. The van der Waals surface area contributed by atoms with Crippen molar-refractivity contribution in [3.8, 4) is 17.1 Å². The van der Waals surface area contributed by atoms with Gasteiger partial charge in [-0.3, -0.25) is 0 Å². The Morgan fingerprint density at radius 3 is 2.00 bits per heavy atom. The van der Waals surface area contributed by atoms with Gasteiger partial charge in [0.1, 0.15) is 11.6 Å². The van der Waals surface area contributed by atoms with Crippen molar-refractivity contribution < 1.29 is 15.0 Å². The van der Waals surface area contributed by atoms with Crippen LogP contribution in [0.15, 0.2) is 30.3 Å². The molecule has 2 aromatic carbocycles. The Hall–Kier alpha value is -2.82. The molecule has 0 spiro atoms. The molecule has 0 amide bonds. The van der Waals surface area contributed by atoms with Crippen LogP contribution in [0.4, 0.5) is 0 Å². The number of imidazole rings is 1. The molecule has 0 bridgehead atoms. The maximum Gasteiger partial charge on any atom is 0.335 e. The summed E-state index contributed by atoms with van der Waals surface area (Å²) in [6.45, 7) is 12.4. The van der Waals surface area contributed by atoms with Gasteiger partial charge in [0.05, 0.1) is 16.6 Å². The zero-order chi connectivity index (χ0) is 20.1. The Morgan fingerprint density at radius 2 is 1.52 bits per heavy atom. The van der Waals surface area contributed by atoms with E-state index in [-0.39, 0.29) is 16.4 Å². The highest BCUT2D eigenvalue weighted by Gasteiger charge is 2.27. The second kappa shape index (κ2) is 6.12. The molecular weight excluding hydrogens is 340 g/mol. The van der Waals surface area contributed by atoms with Crippen molar-refractivity contribution in [1.29, 1.82) is 0 Å². The number of phenolic OH excluding ortho intramolecular Hbond substituents is 1. The number of hydrogen-bond acceptors (Lipinski definition) is 3. The summed E-state index contributed by atoms with van der Waals surface area (Å²) in [6.07, 6.45) is 0. The molecule has 5 heteroatoms. The van der Waals surface area contributed by atoms with E-state index in [4.69, 9.17) is 0 Å². The normalized spacial score (nSPS) is 12.5. The van der Waals surface area contributed by atoms with Crippen LogP contribution in [0.3, 0.4) is 0 Å². The summed E-state index contributed by atoms with van der Waals surface area (Å²) in [5.74, 6) is 0.00860. The van der Waals surface area contributed by atoms with E-state index in [1.165, 1.54) is 0 Å². The number of carbonyl (C=O) groups is 1. The molecule has 0 aliphatic rings. The molecule has 0 fully saturated rings. The minimum Gasteiger partial charge on any atom is -0.507 e. The van der Waals surface area contributed by atoms with Gasteiger partial charge in [-0.25, -0.2) is 9.78 Å². The molecule has 3 aromatic rings. The summed E-state index contributed by atoms with van der Waals surface area (Å²) in [6, 6.07) is 8.76. The van der Waals surface area contributed by atoms with Crippen LogP contribution in [-0.4, -0.2) is 26.2 Å². The first-order valence-corrected chi connectivity index (χ1v) is 8.99. The van der Waals surface area contributed by atoms with E-state index in [1.54, 1.807) is 18.2 Å². The van der Waals surface area contributed by atoms with Crippen LogP contribution >= 0.6 is 0 Å². The smallest absolute Gasteiger partial charge is 0.335 e. The van der Waals surface area contributed by atoms with Crippen molar-refractivity contribution in [2.45, 2.75) is 52.4 Å². The molecular formula is C22H26N2O3. The van der Waals surface area contributed by atoms with Crippen molar-refractivity contribution in [1.82, 2.24) is 9.97 Å². The topological polar surface area (TPSA) is 86.2 Å². The highest BCUT2D eigenvalue weighted by Crippen LogP contribution is 2.41. The van der Waals surface area contributed by atoms with E-state index < -0.39 is 5.97 Å². The predicted molar refractivity (Wildman–Crippen MR) is 108 cm³/mol. The van der Waals surface area contributed by atoms with Crippen molar-refractivity contribution in [2.24, 2.45) is 0 Å². The fourth-order valence-corrected chi connectivity index (χ4v) is 3.19. The standard InChI is InChI=1S/C22H26N2O3/c1-21(2,3)14-9-13(10-15(18(14)25)22(4,5)6)19-23-16-8-7-12(20(26)27)11-17(16)24-19/h7-11,25H,1-6H3,(H,23,24)(H,26,27). The Bertz CT molecular complexity index is 999. The third kappa shape index (κ3) is 3.54. The molecule has 0 aliphatic heterocycles. The van der Waals surface area contributed by atoms with Crippen LogP contribution in [0.2, 0.25) is 0 Å². The minimum atomic E-state index is -0.970. The summed E-state index contributed by atoms with van der Waals surface area (Å²) < 4.78 is 0. The Kier molecular flexibility index (Phi) is 4.29. The van der Waals surface area contributed by atoms with Gasteiger partial charge in [0.15, 0.2) is 0 Å². The fraction of sp³-hybridized carbons (Fsp3) is 0.364. The average Bonchev–Trinajstić information content (AvgIpc) is 2.95. The lowest BCUT2D eigenvalue weighted by Crippen LogP contribution is -2.17. The fourth-order valence-electron chi connectivity index (χ4n) is 3.19. The first-order valence-electron chi connectivity index (χ1n) is 8.99. The monoisotopic (exact) mass is 366 g/mol. The van der Waals surface area contributed by atoms with Crippen LogP contribution in [-0.2, 0) is 10.8 Å². The molecule has 142 valence electrons. The van der Waals surface area contributed by atoms with E-state index in [0.29, 0.717) is 22.6 Å². The SMILES string of the molecule is CC(C)(C)c1cc(-c2nc3ccc(C(=O)O)cc3[nH]2)cc(C(C)(C)C)c1O. The largest absolute Gasteiger partial charge is 0.507 e. The zero-order valence-electron chi connectivity index (χ0n) is 16.6. The third-order valence-electron chi connectivity index (χ3n) is 4.73. The van der Waals surface area contributed by atoms with Crippen molar-refractivity contribution in [3.63, 3.8) is 0 Å². The first kappa shape index (κ1) is 19.0. The number of hydrogen-bond donors (Lipinski definition) is 3. The Morgan fingerprint density at radius 1 is 0.963 bits per heavy atom. The lowest BCUT2D eigenvalue weighted by Gasteiger charge is -2.28. The van der Waals surface area contributed by atoms with Gasteiger partial charge in [-0.05, 0) is 41.2 Å². The van der Waals surface area contributed by atoms with E-state index >= 15 is 0 Å². The predicted octanol–water partition coefficient (Wildman–Crippen LogP) is 5.23. The molecule has 3 rings (SSSR count). The zero-order valence-corrected chi connectivity index (χ0v) is 16.6. The van der Waals surface area contributed by atoms with E-state index in [2.05, 4.69) is 51.5 Å². The van der Waals surface area contributed by atoms with Crippen LogP contribution in [0, 0.1) is 0 Å². The molecule has 0 saturated heterocycles. The number of carboxylic acids is 1. The molecule has 27 heavy (non-hydrogen) atoms. The summed E-state index contributed by atoms with van der Waals surface area (Å²) in [5.41, 5.74) is 3.72. The van der Waals surface area contributed by atoms with Gasteiger partial charge in [-0.2, -0.15) is 0 Å². The first-order chi connectivity index (χ1) is 12.4. The number of nitrogens with zero attached hydrogens (tertiary/aromatic N) is 1. The maximum atomic E-state index is 11.2. The quantitative estimate of drug-likeness (QED) is 0.580. The molecule has 0 saturated carbocycles. The lowest BCUT2D eigenvalue weighted by atomic mass is 9.78. The number of rotatable bonds is 2. The summed E-state index contributed by atoms with van der Waals surface area (Å²) in [5, 5.41) is 20.1.